The number of carboxylic acids is 1. The number of benzene rings is 2. The lowest BCUT2D eigenvalue weighted by Gasteiger charge is -2.10. The average molecular weight is 246 g/mol. The smallest absolute Gasteiger partial charge is 0.335 e. The summed E-state index contributed by atoms with van der Waals surface area (Å²) in [6.07, 6.45) is 0. The molecule has 2 aromatic rings. The van der Waals surface area contributed by atoms with E-state index in [0.29, 0.717) is 16.7 Å². The van der Waals surface area contributed by atoms with Gasteiger partial charge in [-0.25, -0.2) is 9.18 Å². The Bertz CT molecular complexity index is 620. The van der Waals surface area contributed by atoms with Crippen molar-refractivity contribution in [3.63, 3.8) is 0 Å². The molecule has 0 bridgehead atoms. The van der Waals surface area contributed by atoms with Crippen molar-refractivity contribution in [2.75, 3.05) is 0 Å². The quantitative estimate of drug-likeness (QED) is 0.855. The Kier molecular flexibility index (Phi) is 3.02. The molecule has 0 saturated carbocycles. The van der Waals surface area contributed by atoms with Gasteiger partial charge in [0.15, 0.2) is 0 Å². The van der Waals surface area contributed by atoms with Crippen molar-refractivity contribution in [3.05, 3.63) is 53.3 Å². The number of para-hydroxylation sites is 1. The molecule has 0 atom stereocenters. The molecule has 4 heteroatoms. The molecule has 18 heavy (non-hydrogen) atoms. The molecule has 0 saturated heterocycles. The van der Waals surface area contributed by atoms with Gasteiger partial charge in [-0.15, -0.1) is 0 Å². The van der Waals surface area contributed by atoms with Crippen molar-refractivity contribution in [3.8, 4) is 16.9 Å². The summed E-state index contributed by atoms with van der Waals surface area (Å²) in [7, 11) is 0. The van der Waals surface area contributed by atoms with Gasteiger partial charge in [-0.05, 0) is 36.2 Å². The summed E-state index contributed by atoms with van der Waals surface area (Å²) in [5.41, 5.74) is 0.959. The lowest BCUT2D eigenvalue weighted by atomic mass is 9.97. The van der Waals surface area contributed by atoms with Crippen LogP contribution in [0.15, 0.2) is 36.4 Å². The maximum absolute atomic E-state index is 13.7. The van der Waals surface area contributed by atoms with E-state index < -0.39 is 11.8 Å². The van der Waals surface area contributed by atoms with Crippen LogP contribution in [0.25, 0.3) is 11.1 Å². The number of hydrogen-bond donors (Lipinski definition) is 2. The van der Waals surface area contributed by atoms with Gasteiger partial charge in [0.1, 0.15) is 11.6 Å². The van der Waals surface area contributed by atoms with Gasteiger partial charge < -0.3 is 10.2 Å². The molecule has 92 valence electrons. The Morgan fingerprint density at radius 1 is 1.17 bits per heavy atom. The average Bonchev–Trinajstić information content (AvgIpc) is 2.33. The van der Waals surface area contributed by atoms with E-state index in [4.69, 9.17) is 5.11 Å². The van der Waals surface area contributed by atoms with E-state index in [2.05, 4.69) is 0 Å². The van der Waals surface area contributed by atoms with Crippen molar-refractivity contribution in [2.45, 2.75) is 6.92 Å². The number of carbonyl (C=O) groups is 1. The van der Waals surface area contributed by atoms with Crippen LogP contribution in [0.4, 0.5) is 4.39 Å². The molecule has 2 rings (SSSR count). The van der Waals surface area contributed by atoms with Gasteiger partial charge in [-0.3, -0.25) is 0 Å². The van der Waals surface area contributed by atoms with Crippen molar-refractivity contribution in [1.29, 1.82) is 0 Å². The number of phenolic OH excluding ortho intramolecular Hbond substituents is 1. The molecule has 2 N–H and O–H groups in total. The van der Waals surface area contributed by atoms with E-state index >= 15 is 0 Å². The molecular weight excluding hydrogens is 235 g/mol. The molecule has 0 aliphatic rings. The Balaban J connectivity index is 2.71. The number of hydrogen-bond acceptors (Lipinski definition) is 2. The van der Waals surface area contributed by atoms with Crippen LogP contribution in [0.3, 0.4) is 0 Å². The molecule has 0 unspecified atom stereocenters. The van der Waals surface area contributed by atoms with Crippen LogP contribution in [0, 0.1) is 12.7 Å². The van der Waals surface area contributed by atoms with Crippen molar-refractivity contribution < 1.29 is 19.4 Å². The second-order valence-electron chi connectivity index (χ2n) is 3.95. The van der Waals surface area contributed by atoms with E-state index in [1.165, 1.54) is 12.1 Å². The Morgan fingerprint density at radius 3 is 2.44 bits per heavy atom. The lowest BCUT2D eigenvalue weighted by molar-refractivity contribution is 0.0696. The summed E-state index contributed by atoms with van der Waals surface area (Å²) in [6, 6.07) is 8.76. The van der Waals surface area contributed by atoms with Crippen LogP contribution < -0.4 is 0 Å². The van der Waals surface area contributed by atoms with Gasteiger partial charge in [-0.1, -0.05) is 18.2 Å². The predicted octanol–water partition coefficient (Wildman–Crippen LogP) is 3.20. The highest BCUT2D eigenvalue weighted by Crippen LogP contribution is 2.33. The molecule has 0 aromatic heterocycles. The lowest BCUT2D eigenvalue weighted by Crippen LogP contribution is -2.00. The van der Waals surface area contributed by atoms with Crippen molar-refractivity contribution >= 4 is 5.97 Å². The summed E-state index contributed by atoms with van der Waals surface area (Å²) >= 11 is 0. The van der Waals surface area contributed by atoms with E-state index in [1.807, 2.05) is 0 Å². The predicted molar refractivity (Wildman–Crippen MR) is 65.2 cm³/mol. The molecule has 3 nitrogen and oxygen atoms in total. The summed E-state index contributed by atoms with van der Waals surface area (Å²) in [5, 5.41) is 18.7. The minimum atomic E-state index is -1.20. The fraction of sp³-hybridized carbons (Fsp3) is 0.0714. The number of carboxylic acid groups (broad SMARTS) is 1. The largest absolute Gasteiger partial charge is 0.507 e. The molecule has 0 aliphatic heterocycles. The standard InChI is InChI=1S/C14H11FO3/c1-8-11(10-4-2-3-5-13(10)16)6-9(14(17)18)7-12(8)15/h2-7,16H,1H3,(H,17,18). The van der Waals surface area contributed by atoms with Crippen LogP contribution in [0.1, 0.15) is 15.9 Å². The first-order valence-corrected chi connectivity index (χ1v) is 5.32. The van der Waals surface area contributed by atoms with Crippen LogP contribution in [-0.4, -0.2) is 16.2 Å². The summed E-state index contributed by atoms with van der Waals surface area (Å²) in [6.45, 7) is 1.54. The zero-order chi connectivity index (χ0) is 13.3. The molecule has 2 aromatic carbocycles. The highest BCUT2D eigenvalue weighted by Gasteiger charge is 2.14. The highest BCUT2D eigenvalue weighted by molar-refractivity contribution is 5.90. The molecule has 0 spiro atoms. The zero-order valence-electron chi connectivity index (χ0n) is 9.64. The van der Waals surface area contributed by atoms with Gasteiger partial charge in [0.25, 0.3) is 0 Å². The first-order chi connectivity index (χ1) is 8.50. The zero-order valence-corrected chi connectivity index (χ0v) is 9.64. The summed E-state index contributed by atoms with van der Waals surface area (Å²) in [4.78, 5) is 10.9. The molecule has 0 fully saturated rings. The Morgan fingerprint density at radius 2 is 1.83 bits per heavy atom. The topological polar surface area (TPSA) is 57.5 Å². The number of rotatable bonds is 2. The van der Waals surface area contributed by atoms with E-state index in [1.54, 1.807) is 25.1 Å². The minimum absolute atomic E-state index is 0.0115. The first kappa shape index (κ1) is 12.1. The normalized spacial score (nSPS) is 10.3. The minimum Gasteiger partial charge on any atom is -0.507 e. The fourth-order valence-corrected chi connectivity index (χ4v) is 1.78. The van der Waals surface area contributed by atoms with E-state index in [-0.39, 0.29) is 11.3 Å². The van der Waals surface area contributed by atoms with Gasteiger partial charge in [-0.2, -0.15) is 0 Å². The van der Waals surface area contributed by atoms with Crippen molar-refractivity contribution in [1.82, 2.24) is 0 Å². The number of aromatic carboxylic acids is 1. The monoisotopic (exact) mass is 246 g/mol. The summed E-state index contributed by atoms with van der Waals surface area (Å²) < 4.78 is 13.7. The fourth-order valence-electron chi connectivity index (χ4n) is 1.78. The van der Waals surface area contributed by atoms with E-state index in [9.17, 15) is 14.3 Å². The molecule has 0 amide bonds. The van der Waals surface area contributed by atoms with Crippen LogP contribution in [-0.2, 0) is 0 Å². The maximum atomic E-state index is 13.7. The van der Waals surface area contributed by atoms with Crippen molar-refractivity contribution in [2.24, 2.45) is 0 Å². The van der Waals surface area contributed by atoms with Gasteiger partial charge in [0.2, 0.25) is 0 Å². The van der Waals surface area contributed by atoms with Gasteiger partial charge in [0.05, 0.1) is 5.56 Å². The number of halogens is 1. The van der Waals surface area contributed by atoms with Crippen LogP contribution in [0.5, 0.6) is 5.75 Å². The Hall–Kier alpha value is -2.36. The maximum Gasteiger partial charge on any atom is 0.335 e. The third-order valence-electron chi connectivity index (χ3n) is 2.79. The second kappa shape index (κ2) is 4.49. The molecule has 0 radical (unpaired) electrons. The first-order valence-electron chi connectivity index (χ1n) is 5.32. The van der Waals surface area contributed by atoms with Crippen LogP contribution in [0.2, 0.25) is 0 Å². The Labute approximate surface area is 103 Å². The third-order valence-corrected chi connectivity index (χ3v) is 2.79. The SMILES string of the molecule is Cc1c(F)cc(C(=O)O)cc1-c1ccccc1O. The molecule has 0 aliphatic carbocycles. The number of phenols is 1. The third kappa shape index (κ3) is 2.05. The van der Waals surface area contributed by atoms with Crippen LogP contribution >= 0.6 is 0 Å². The second-order valence-corrected chi connectivity index (χ2v) is 3.95. The van der Waals surface area contributed by atoms with Gasteiger partial charge in [0, 0.05) is 5.56 Å². The number of aromatic hydroxyl groups is 1. The highest BCUT2D eigenvalue weighted by atomic mass is 19.1. The van der Waals surface area contributed by atoms with E-state index in [0.717, 1.165) is 6.07 Å². The van der Waals surface area contributed by atoms with Gasteiger partial charge >= 0.3 is 5.97 Å². The molecule has 0 heterocycles. The summed E-state index contributed by atoms with van der Waals surface area (Å²) in [5.74, 6) is -1.82. The molecular formula is C14H11FO3.